The monoisotopic (exact) mass is 782 g/mol. The van der Waals surface area contributed by atoms with E-state index in [1.165, 1.54) is 10.8 Å². The Labute approximate surface area is 354 Å². The van der Waals surface area contributed by atoms with Crippen molar-refractivity contribution in [3.05, 3.63) is 213 Å². The van der Waals surface area contributed by atoms with Crippen LogP contribution in [0, 0.1) is 0 Å². The van der Waals surface area contributed by atoms with Gasteiger partial charge in [0, 0.05) is 33.4 Å². The van der Waals surface area contributed by atoms with Gasteiger partial charge in [0.25, 0.3) is 0 Å². The van der Waals surface area contributed by atoms with Crippen LogP contribution in [-0.4, -0.2) is 29.9 Å². The fraction of sp³-hybridized carbons (Fsp3) is 0.0182. The highest BCUT2D eigenvalue weighted by atomic mass is 15.0. The topological polar surface area (TPSA) is 77.3 Å². The fourth-order valence-electron chi connectivity index (χ4n) is 7.79. The number of rotatable bonds is 9. The van der Waals surface area contributed by atoms with Crippen molar-refractivity contribution in [3.63, 3.8) is 0 Å². The van der Waals surface area contributed by atoms with Gasteiger partial charge in [0.2, 0.25) is 0 Å². The van der Waals surface area contributed by atoms with E-state index in [2.05, 4.69) is 134 Å². The Morgan fingerprint density at radius 1 is 0.361 bits per heavy atom. The second-order valence-corrected chi connectivity index (χ2v) is 14.7. The zero-order valence-electron chi connectivity index (χ0n) is 33.4. The molecule has 61 heavy (non-hydrogen) atoms. The molecule has 8 aromatic carbocycles. The van der Waals surface area contributed by atoms with Crippen LogP contribution in [0.25, 0.3) is 106 Å². The van der Waals surface area contributed by atoms with Crippen LogP contribution in [0.1, 0.15) is 12.7 Å². The minimum Gasteiger partial charge on any atom is -0.208 e. The van der Waals surface area contributed by atoms with E-state index in [4.69, 9.17) is 29.9 Å². The van der Waals surface area contributed by atoms with Crippen LogP contribution in [0.3, 0.4) is 0 Å². The molecule has 0 fully saturated rings. The summed E-state index contributed by atoms with van der Waals surface area (Å²) in [5, 5.41) is 4.64. The lowest BCUT2D eigenvalue weighted by atomic mass is 9.91. The molecule has 0 aliphatic heterocycles. The highest BCUT2D eigenvalue weighted by Gasteiger charge is 2.16. The Kier molecular flexibility index (Phi) is 9.85. The zero-order valence-corrected chi connectivity index (χ0v) is 33.4. The average Bonchev–Trinajstić information content (AvgIpc) is 3.34. The van der Waals surface area contributed by atoms with Gasteiger partial charge in [-0.3, -0.25) is 0 Å². The molecule has 0 saturated heterocycles. The van der Waals surface area contributed by atoms with Crippen LogP contribution in [0.4, 0.5) is 0 Å². The van der Waals surface area contributed by atoms with E-state index in [9.17, 15) is 0 Å². The Morgan fingerprint density at radius 2 is 0.754 bits per heavy atom. The van der Waals surface area contributed by atoms with E-state index < -0.39 is 0 Å². The third-order valence-corrected chi connectivity index (χ3v) is 10.9. The second-order valence-electron chi connectivity index (χ2n) is 14.7. The second kappa shape index (κ2) is 16.2. The normalized spacial score (nSPS) is 11.5. The summed E-state index contributed by atoms with van der Waals surface area (Å²) >= 11 is 0. The highest BCUT2D eigenvalue weighted by Crippen LogP contribution is 2.38. The van der Waals surface area contributed by atoms with Gasteiger partial charge in [0.15, 0.2) is 34.9 Å². The number of nitrogens with zero attached hydrogens (tertiary/aromatic N) is 6. The minimum atomic E-state index is 0.590. The van der Waals surface area contributed by atoms with Gasteiger partial charge in [-0.05, 0) is 56.8 Å². The summed E-state index contributed by atoms with van der Waals surface area (Å²) in [5.74, 6) is 3.70. The van der Waals surface area contributed by atoms with Gasteiger partial charge in [0.1, 0.15) is 0 Å². The third kappa shape index (κ3) is 7.39. The predicted molar refractivity (Wildman–Crippen MR) is 250 cm³/mol. The molecule has 0 radical (unpaired) electrons. The molecule has 6 nitrogen and oxygen atoms in total. The molecule has 0 unspecified atom stereocenters. The molecular weight excluding hydrogens is 745 g/mol. The summed E-state index contributed by atoms with van der Waals surface area (Å²) in [6, 6.07) is 64.8. The average molecular weight is 783 g/mol. The van der Waals surface area contributed by atoms with E-state index in [0.29, 0.717) is 34.9 Å². The largest absolute Gasteiger partial charge is 0.208 e. The van der Waals surface area contributed by atoms with Gasteiger partial charge in [0.05, 0.1) is 0 Å². The standard InChI is InChI=1S/C55H38N6/c1-3-36(4-2)50-56-51(41-16-7-5-8-17-41)58-53(57-50)43-30-26-38(27-31-43)47-23-13-21-40-22-14-24-48(49(40)47)39-28-32-44(33-29-39)54-59-52(42-18-9-6-10-19-42)60-55(61-54)46-34-25-37-15-11-12-20-45(37)35-46/h3-35H,1H2,2H3/b36-4+. The van der Waals surface area contributed by atoms with Crippen molar-refractivity contribution >= 4 is 27.1 Å². The van der Waals surface area contributed by atoms with Gasteiger partial charge >= 0.3 is 0 Å². The van der Waals surface area contributed by atoms with Crippen LogP contribution >= 0.6 is 0 Å². The maximum atomic E-state index is 5.04. The van der Waals surface area contributed by atoms with Gasteiger partial charge in [-0.15, -0.1) is 0 Å². The predicted octanol–water partition coefficient (Wildman–Crippen LogP) is 13.6. The number of benzene rings is 8. The lowest BCUT2D eigenvalue weighted by molar-refractivity contribution is 1.04. The Morgan fingerprint density at radius 3 is 1.25 bits per heavy atom. The maximum Gasteiger partial charge on any atom is 0.164 e. The Bertz CT molecular complexity index is 3240. The van der Waals surface area contributed by atoms with Crippen molar-refractivity contribution in [3.8, 4) is 79.2 Å². The molecule has 288 valence electrons. The molecule has 0 N–H and O–H groups in total. The van der Waals surface area contributed by atoms with Crippen LogP contribution in [0.5, 0.6) is 0 Å². The molecule has 2 aromatic heterocycles. The molecule has 0 saturated carbocycles. The van der Waals surface area contributed by atoms with Gasteiger partial charge < -0.3 is 0 Å². The summed E-state index contributed by atoms with van der Waals surface area (Å²) in [6.45, 7) is 5.95. The quantitative estimate of drug-likeness (QED) is 0.136. The van der Waals surface area contributed by atoms with Crippen molar-refractivity contribution in [1.29, 1.82) is 0 Å². The molecule has 6 heteroatoms. The molecule has 10 rings (SSSR count). The Hall–Kier alpha value is -8.22. The number of allylic oxidation sites excluding steroid dienone is 3. The van der Waals surface area contributed by atoms with Crippen LogP contribution in [0.2, 0.25) is 0 Å². The molecule has 0 bridgehead atoms. The summed E-state index contributed by atoms with van der Waals surface area (Å²) in [5.41, 5.74) is 9.93. The first-order chi connectivity index (χ1) is 30.1. The SMILES string of the molecule is C=C/C(=C\C)c1nc(-c2ccccc2)nc(-c2ccc(-c3cccc4cccc(-c5ccc(-c6nc(-c7ccccc7)nc(-c7ccc8ccccc8c7)n6)cc5)c34)cc2)n1. The number of fused-ring (bicyclic) bond motifs is 2. The smallest absolute Gasteiger partial charge is 0.164 e. The molecule has 0 aliphatic rings. The van der Waals surface area contributed by atoms with E-state index in [1.54, 1.807) is 6.08 Å². The van der Waals surface area contributed by atoms with E-state index >= 15 is 0 Å². The number of hydrogen-bond donors (Lipinski definition) is 0. The molecule has 0 spiro atoms. The minimum absolute atomic E-state index is 0.590. The number of aromatic nitrogens is 6. The maximum absolute atomic E-state index is 5.04. The summed E-state index contributed by atoms with van der Waals surface area (Å²) in [6.07, 6.45) is 3.74. The van der Waals surface area contributed by atoms with Crippen LogP contribution in [0.15, 0.2) is 207 Å². The van der Waals surface area contributed by atoms with Crippen molar-refractivity contribution < 1.29 is 0 Å². The lowest BCUT2D eigenvalue weighted by Gasteiger charge is -2.14. The Balaban J connectivity index is 1.02. The van der Waals surface area contributed by atoms with Gasteiger partial charge in [-0.2, -0.15) is 0 Å². The molecular formula is C55H38N6. The first-order valence-electron chi connectivity index (χ1n) is 20.3. The highest BCUT2D eigenvalue weighted by molar-refractivity contribution is 6.06. The van der Waals surface area contributed by atoms with E-state index in [0.717, 1.165) is 66.4 Å². The van der Waals surface area contributed by atoms with Crippen molar-refractivity contribution in [2.45, 2.75) is 6.92 Å². The molecule has 0 atom stereocenters. The van der Waals surface area contributed by atoms with Crippen LogP contribution in [-0.2, 0) is 0 Å². The molecule has 0 amide bonds. The third-order valence-electron chi connectivity index (χ3n) is 10.9. The molecule has 0 aliphatic carbocycles. The lowest BCUT2D eigenvalue weighted by Crippen LogP contribution is -2.02. The first kappa shape index (κ1) is 37.1. The summed E-state index contributed by atoms with van der Waals surface area (Å²) in [7, 11) is 0. The molecule has 10 aromatic rings. The molecule has 2 heterocycles. The van der Waals surface area contributed by atoms with E-state index in [-0.39, 0.29) is 0 Å². The summed E-state index contributed by atoms with van der Waals surface area (Å²) < 4.78 is 0. The van der Waals surface area contributed by atoms with Crippen molar-refractivity contribution in [2.24, 2.45) is 0 Å². The number of hydrogen-bond acceptors (Lipinski definition) is 6. The summed E-state index contributed by atoms with van der Waals surface area (Å²) in [4.78, 5) is 29.6. The van der Waals surface area contributed by atoms with Crippen LogP contribution < -0.4 is 0 Å². The van der Waals surface area contributed by atoms with E-state index in [1.807, 2.05) is 73.7 Å². The fourth-order valence-corrected chi connectivity index (χ4v) is 7.79. The first-order valence-corrected chi connectivity index (χ1v) is 20.3. The zero-order chi connectivity index (χ0) is 41.1. The van der Waals surface area contributed by atoms with Gasteiger partial charge in [-0.1, -0.05) is 201 Å². The van der Waals surface area contributed by atoms with Gasteiger partial charge in [-0.25, -0.2) is 29.9 Å². The van der Waals surface area contributed by atoms with Crippen molar-refractivity contribution in [1.82, 2.24) is 29.9 Å². The van der Waals surface area contributed by atoms with Crippen molar-refractivity contribution in [2.75, 3.05) is 0 Å².